The Morgan fingerprint density at radius 3 is 2.96 bits per heavy atom. The number of ether oxygens (including phenoxy) is 1. The van der Waals surface area contributed by atoms with Gasteiger partial charge >= 0.3 is 0 Å². The van der Waals surface area contributed by atoms with Crippen LogP contribution in [0.5, 0.6) is 5.75 Å². The first-order valence-electron chi connectivity index (χ1n) is 7.70. The van der Waals surface area contributed by atoms with Gasteiger partial charge < -0.3 is 10.1 Å². The van der Waals surface area contributed by atoms with E-state index in [1.54, 1.807) is 7.11 Å². The molecular formula is C17H21N5O. The number of nitrogens with zero attached hydrogens (tertiary/aromatic N) is 3. The van der Waals surface area contributed by atoms with Crippen LogP contribution in [-0.2, 0) is 19.6 Å². The van der Waals surface area contributed by atoms with E-state index in [9.17, 15) is 0 Å². The predicted molar refractivity (Wildman–Crippen MR) is 89.0 cm³/mol. The Balaban J connectivity index is 1.61. The summed E-state index contributed by atoms with van der Waals surface area (Å²) in [5.41, 5.74) is 4.18. The van der Waals surface area contributed by atoms with Crippen LogP contribution >= 0.6 is 0 Å². The van der Waals surface area contributed by atoms with Gasteiger partial charge in [0.1, 0.15) is 5.75 Å². The van der Waals surface area contributed by atoms with Crippen LogP contribution in [0.25, 0.3) is 11.3 Å². The van der Waals surface area contributed by atoms with Crippen LogP contribution in [0, 0.1) is 0 Å². The van der Waals surface area contributed by atoms with Gasteiger partial charge in [-0.2, -0.15) is 10.2 Å². The quantitative estimate of drug-likeness (QED) is 0.704. The van der Waals surface area contributed by atoms with Gasteiger partial charge in [-0.1, -0.05) is 12.1 Å². The standard InChI is InChI=1S/C17H21N5O/c1-3-22-15(7-8-19-22)12-18-11-14-10-17(21-20-14)13-5-4-6-16(9-13)23-2/h4-10,18H,3,11-12H2,1-2H3,(H,20,21). The Hall–Kier alpha value is -2.60. The number of aryl methyl sites for hydroxylation is 1. The average molecular weight is 311 g/mol. The predicted octanol–water partition coefficient (Wildman–Crippen LogP) is 2.59. The summed E-state index contributed by atoms with van der Waals surface area (Å²) in [7, 11) is 1.67. The summed E-state index contributed by atoms with van der Waals surface area (Å²) in [4.78, 5) is 0. The first-order valence-corrected chi connectivity index (χ1v) is 7.70. The van der Waals surface area contributed by atoms with Crippen LogP contribution in [0.4, 0.5) is 0 Å². The van der Waals surface area contributed by atoms with Gasteiger partial charge in [0.15, 0.2) is 0 Å². The Morgan fingerprint density at radius 2 is 2.13 bits per heavy atom. The van der Waals surface area contributed by atoms with E-state index < -0.39 is 0 Å². The van der Waals surface area contributed by atoms with Crippen molar-refractivity contribution in [2.24, 2.45) is 0 Å². The Kier molecular flexibility index (Phi) is 4.73. The lowest BCUT2D eigenvalue weighted by atomic mass is 10.1. The van der Waals surface area contributed by atoms with E-state index >= 15 is 0 Å². The second-order valence-corrected chi connectivity index (χ2v) is 5.25. The number of hydrogen-bond acceptors (Lipinski definition) is 4. The Bertz CT molecular complexity index is 762. The number of benzene rings is 1. The van der Waals surface area contributed by atoms with E-state index in [-0.39, 0.29) is 0 Å². The van der Waals surface area contributed by atoms with E-state index in [2.05, 4.69) is 33.6 Å². The first kappa shape index (κ1) is 15.3. The van der Waals surface area contributed by atoms with Gasteiger partial charge in [0, 0.05) is 37.1 Å². The van der Waals surface area contributed by atoms with Crippen molar-refractivity contribution in [3.8, 4) is 17.0 Å². The fourth-order valence-corrected chi connectivity index (χ4v) is 2.50. The van der Waals surface area contributed by atoms with Crippen LogP contribution in [0.15, 0.2) is 42.6 Å². The number of aromatic nitrogens is 4. The molecule has 1 aromatic carbocycles. The summed E-state index contributed by atoms with van der Waals surface area (Å²) < 4.78 is 7.24. The molecule has 2 aromatic heterocycles. The number of aromatic amines is 1. The highest BCUT2D eigenvalue weighted by molar-refractivity contribution is 5.61. The van der Waals surface area contributed by atoms with Crippen molar-refractivity contribution in [1.82, 2.24) is 25.3 Å². The number of H-pyrrole nitrogens is 1. The van der Waals surface area contributed by atoms with Crippen LogP contribution in [0.3, 0.4) is 0 Å². The summed E-state index contributed by atoms with van der Waals surface area (Å²) in [5, 5.41) is 15.1. The lowest BCUT2D eigenvalue weighted by Gasteiger charge is -2.05. The molecule has 2 N–H and O–H groups in total. The molecule has 6 nitrogen and oxygen atoms in total. The Labute approximate surface area is 135 Å². The molecule has 0 atom stereocenters. The maximum absolute atomic E-state index is 5.25. The lowest BCUT2D eigenvalue weighted by molar-refractivity contribution is 0.415. The fourth-order valence-electron chi connectivity index (χ4n) is 2.50. The maximum Gasteiger partial charge on any atom is 0.119 e. The molecular weight excluding hydrogens is 290 g/mol. The van der Waals surface area contributed by atoms with Crippen molar-refractivity contribution >= 4 is 0 Å². The average Bonchev–Trinajstić information content (AvgIpc) is 3.24. The molecule has 0 radical (unpaired) electrons. The highest BCUT2D eigenvalue weighted by atomic mass is 16.5. The second-order valence-electron chi connectivity index (χ2n) is 5.25. The minimum Gasteiger partial charge on any atom is -0.497 e. The third kappa shape index (κ3) is 3.60. The number of nitrogens with one attached hydrogen (secondary N) is 2. The molecule has 6 heteroatoms. The number of methoxy groups -OCH3 is 1. The molecule has 0 spiro atoms. The lowest BCUT2D eigenvalue weighted by Crippen LogP contribution is -2.16. The SMILES string of the molecule is CCn1nccc1CNCc1cc(-c2cccc(OC)c2)n[nH]1. The van der Waals surface area contributed by atoms with Crippen LogP contribution in [0.1, 0.15) is 18.3 Å². The van der Waals surface area contributed by atoms with E-state index in [1.165, 1.54) is 5.69 Å². The molecule has 0 unspecified atom stereocenters. The first-order chi connectivity index (χ1) is 11.3. The van der Waals surface area contributed by atoms with Gasteiger partial charge in [0.25, 0.3) is 0 Å². The molecule has 3 rings (SSSR count). The smallest absolute Gasteiger partial charge is 0.119 e. The summed E-state index contributed by atoms with van der Waals surface area (Å²) in [6, 6.07) is 12.0. The van der Waals surface area contributed by atoms with Gasteiger partial charge in [0.2, 0.25) is 0 Å². The van der Waals surface area contributed by atoms with E-state index in [1.807, 2.05) is 41.2 Å². The Morgan fingerprint density at radius 1 is 1.22 bits per heavy atom. The van der Waals surface area contributed by atoms with E-state index in [0.29, 0.717) is 0 Å². The van der Waals surface area contributed by atoms with Crippen molar-refractivity contribution in [3.05, 3.63) is 54.0 Å². The monoisotopic (exact) mass is 311 g/mol. The fraction of sp³-hybridized carbons (Fsp3) is 0.294. The molecule has 0 aliphatic heterocycles. The van der Waals surface area contributed by atoms with E-state index in [0.717, 1.165) is 42.3 Å². The van der Waals surface area contributed by atoms with Gasteiger partial charge in [-0.15, -0.1) is 0 Å². The summed E-state index contributed by atoms with van der Waals surface area (Å²) in [6.45, 7) is 4.48. The van der Waals surface area contributed by atoms with Crippen LogP contribution in [0.2, 0.25) is 0 Å². The van der Waals surface area contributed by atoms with Crippen molar-refractivity contribution in [2.75, 3.05) is 7.11 Å². The van der Waals surface area contributed by atoms with Crippen molar-refractivity contribution in [1.29, 1.82) is 0 Å². The molecule has 0 bridgehead atoms. The van der Waals surface area contributed by atoms with Crippen molar-refractivity contribution < 1.29 is 4.74 Å². The summed E-state index contributed by atoms with van der Waals surface area (Å²) in [5.74, 6) is 0.831. The molecule has 0 saturated heterocycles. The molecule has 3 aromatic rings. The molecule has 120 valence electrons. The van der Waals surface area contributed by atoms with Crippen LogP contribution < -0.4 is 10.1 Å². The molecule has 2 heterocycles. The van der Waals surface area contributed by atoms with E-state index in [4.69, 9.17) is 4.74 Å². The molecule has 0 aliphatic rings. The van der Waals surface area contributed by atoms with Crippen molar-refractivity contribution in [2.45, 2.75) is 26.6 Å². The van der Waals surface area contributed by atoms with Gasteiger partial charge in [-0.05, 0) is 31.2 Å². The highest BCUT2D eigenvalue weighted by Gasteiger charge is 2.06. The normalized spacial score (nSPS) is 10.9. The van der Waals surface area contributed by atoms with Crippen LogP contribution in [-0.4, -0.2) is 27.1 Å². The zero-order valence-electron chi connectivity index (χ0n) is 13.4. The topological polar surface area (TPSA) is 67.8 Å². The summed E-state index contributed by atoms with van der Waals surface area (Å²) in [6.07, 6.45) is 1.83. The van der Waals surface area contributed by atoms with Gasteiger partial charge in [-0.3, -0.25) is 9.78 Å². The molecule has 0 fully saturated rings. The zero-order chi connectivity index (χ0) is 16.1. The minimum absolute atomic E-state index is 0.728. The maximum atomic E-state index is 5.25. The molecule has 0 amide bonds. The third-order valence-corrected chi connectivity index (χ3v) is 3.72. The molecule has 0 saturated carbocycles. The third-order valence-electron chi connectivity index (χ3n) is 3.72. The van der Waals surface area contributed by atoms with Crippen molar-refractivity contribution in [3.63, 3.8) is 0 Å². The number of rotatable bonds is 7. The number of hydrogen-bond donors (Lipinski definition) is 2. The highest BCUT2D eigenvalue weighted by Crippen LogP contribution is 2.22. The zero-order valence-corrected chi connectivity index (χ0v) is 13.4. The summed E-state index contributed by atoms with van der Waals surface area (Å²) >= 11 is 0. The van der Waals surface area contributed by atoms with Gasteiger partial charge in [-0.25, -0.2) is 0 Å². The second kappa shape index (κ2) is 7.11. The van der Waals surface area contributed by atoms with Gasteiger partial charge in [0.05, 0.1) is 18.5 Å². The molecule has 23 heavy (non-hydrogen) atoms. The minimum atomic E-state index is 0.728. The molecule has 0 aliphatic carbocycles. The largest absolute Gasteiger partial charge is 0.497 e.